The first-order valence-corrected chi connectivity index (χ1v) is 3.69. The zero-order valence-corrected chi connectivity index (χ0v) is 6.29. The van der Waals surface area contributed by atoms with Crippen molar-refractivity contribution in [1.82, 2.24) is 5.32 Å². The summed E-state index contributed by atoms with van der Waals surface area (Å²) in [7, 11) is 0. The molecular formula is C9H9NO. The normalized spacial score (nSPS) is 21.2. The van der Waals surface area contributed by atoms with E-state index < -0.39 is 0 Å². The molecule has 0 radical (unpaired) electrons. The van der Waals surface area contributed by atoms with E-state index in [0.29, 0.717) is 0 Å². The Labute approximate surface area is 65.2 Å². The van der Waals surface area contributed by atoms with Gasteiger partial charge >= 0.3 is 0 Å². The van der Waals surface area contributed by atoms with E-state index in [1.165, 1.54) is 0 Å². The van der Waals surface area contributed by atoms with Crippen LogP contribution in [0.2, 0.25) is 0 Å². The van der Waals surface area contributed by atoms with Crippen LogP contribution in [0.1, 0.15) is 28.9 Å². The molecule has 0 fully saturated rings. The lowest BCUT2D eigenvalue weighted by atomic mass is 10.1. The summed E-state index contributed by atoms with van der Waals surface area (Å²) in [5, 5.41) is 2.84. The van der Waals surface area contributed by atoms with Gasteiger partial charge in [-0.2, -0.15) is 0 Å². The van der Waals surface area contributed by atoms with Gasteiger partial charge in [-0.3, -0.25) is 4.79 Å². The van der Waals surface area contributed by atoms with E-state index >= 15 is 0 Å². The van der Waals surface area contributed by atoms with Crippen LogP contribution in [0.25, 0.3) is 0 Å². The molecule has 56 valence electrons. The van der Waals surface area contributed by atoms with Gasteiger partial charge in [-0.05, 0) is 18.6 Å². The molecule has 1 aliphatic rings. The van der Waals surface area contributed by atoms with Gasteiger partial charge in [0.2, 0.25) is 0 Å². The number of nitrogens with one attached hydrogen (secondary N) is 1. The van der Waals surface area contributed by atoms with Crippen molar-refractivity contribution in [3.63, 3.8) is 0 Å². The van der Waals surface area contributed by atoms with E-state index in [0.717, 1.165) is 11.1 Å². The molecule has 1 aromatic carbocycles. The van der Waals surface area contributed by atoms with E-state index in [-0.39, 0.29) is 11.9 Å². The molecule has 1 atom stereocenters. The van der Waals surface area contributed by atoms with E-state index in [9.17, 15) is 4.79 Å². The van der Waals surface area contributed by atoms with Gasteiger partial charge in [0, 0.05) is 5.56 Å². The highest BCUT2D eigenvalue weighted by Crippen LogP contribution is 2.23. The molecule has 11 heavy (non-hydrogen) atoms. The average molecular weight is 147 g/mol. The van der Waals surface area contributed by atoms with Crippen molar-refractivity contribution in [1.29, 1.82) is 0 Å². The standard InChI is InChI=1S/C9H9NO/c1-6-7-4-2-3-5-8(7)9(11)10-6/h2-6H,1H3,(H,10,11)/t6-/m1/s1. The van der Waals surface area contributed by atoms with Gasteiger partial charge in [0.25, 0.3) is 5.91 Å². The molecule has 0 spiro atoms. The highest BCUT2D eigenvalue weighted by molar-refractivity contribution is 5.98. The van der Waals surface area contributed by atoms with Gasteiger partial charge in [0.05, 0.1) is 6.04 Å². The quantitative estimate of drug-likeness (QED) is 0.591. The Morgan fingerprint density at radius 1 is 1.36 bits per heavy atom. The summed E-state index contributed by atoms with van der Waals surface area (Å²) in [5.74, 6) is 0.0492. The number of amides is 1. The van der Waals surface area contributed by atoms with Crippen LogP contribution in [0.4, 0.5) is 0 Å². The lowest BCUT2D eigenvalue weighted by Gasteiger charge is -2.00. The topological polar surface area (TPSA) is 29.1 Å². The van der Waals surface area contributed by atoms with E-state index in [2.05, 4.69) is 5.32 Å². The molecule has 0 saturated heterocycles. The lowest BCUT2D eigenvalue weighted by Crippen LogP contribution is -2.16. The molecule has 0 bridgehead atoms. The average Bonchev–Trinajstić information content (AvgIpc) is 2.30. The van der Waals surface area contributed by atoms with Crippen LogP contribution in [-0.4, -0.2) is 5.91 Å². The summed E-state index contributed by atoms with van der Waals surface area (Å²) in [6.07, 6.45) is 0. The molecular weight excluding hydrogens is 138 g/mol. The predicted molar refractivity (Wildman–Crippen MR) is 42.3 cm³/mol. The highest BCUT2D eigenvalue weighted by Gasteiger charge is 2.23. The van der Waals surface area contributed by atoms with E-state index in [1.54, 1.807) is 0 Å². The second kappa shape index (κ2) is 2.09. The number of rotatable bonds is 0. The fourth-order valence-electron chi connectivity index (χ4n) is 1.43. The minimum atomic E-state index is 0.0492. The maximum absolute atomic E-state index is 11.2. The molecule has 0 aromatic heterocycles. The summed E-state index contributed by atoms with van der Waals surface area (Å²) in [4.78, 5) is 11.2. The third-order valence-electron chi connectivity index (χ3n) is 2.02. The second-order valence-electron chi connectivity index (χ2n) is 2.78. The summed E-state index contributed by atoms with van der Waals surface area (Å²) in [6, 6.07) is 7.86. The van der Waals surface area contributed by atoms with Gasteiger partial charge in [-0.15, -0.1) is 0 Å². The zero-order valence-electron chi connectivity index (χ0n) is 6.29. The summed E-state index contributed by atoms with van der Waals surface area (Å²) < 4.78 is 0. The lowest BCUT2D eigenvalue weighted by molar-refractivity contribution is 0.0958. The van der Waals surface area contributed by atoms with Gasteiger partial charge in [-0.1, -0.05) is 18.2 Å². The summed E-state index contributed by atoms with van der Waals surface area (Å²) in [5.41, 5.74) is 1.93. The zero-order chi connectivity index (χ0) is 7.84. The second-order valence-corrected chi connectivity index (χ2v) is 2.78. The van der Waals surface area contributed by atoms with Crippen LogP contribution < -0.4 is 5.32 Å². The van der Waals surface area contributed by atoms with Crippen molar-refractivity contribution in [3.05, 3.63) is 35.4 Å². The SMILES string of the molecule is C[C@H]1NC(=O)c2ccccc21. The third-order valence-corrected chi connectivity index (χ3v) is 2.02. The maximum Gasteiger partial charge on any atom is 0.252 e. The minimum absolute atomic E-state index is 0.0492. The van der Waals surface area contributed by atoms with Gasteiger partial charge in [0.1, 0.15) is 0 Å². The van der Waals surface area contributed by atoms with E-state index in [1.807, 2.05) is 31.2 Å². The number of hydrogen-bond acceptors (Lipinski definition) is 1. The van der Waals surface area contributed by atoms with Crippen LogP contribution in [-0.2, 0) is 0 Å². The molecule has 1 aliphatic heterocycles. The smallest absolute Gasteiger partial charge is 0.252 e. The minimum Gasteiger partial charge on any atom is -0.345 e. The Morgan fingerprint density at radius 2 is 2.09 bits per heavy atom. The molecule has 1 N–H and O–H groups in total. The summed E-state index contributed by atoms with van der Waals surface area (Å²) in [6.45, 7) is 1.99. The number of carbonyl (C=O) groups excluding carboxylic acids is 1. The van der Waals surface area contributed by atoms with Crippen molar-refractivity contribution in [3.8, 4) is 0 Å². The molecule has 2 rings (SSSR count). The first-order valence-electron chi connectivity index (χ1n) is 3.69. The molecule has 1 amide bonds. The van der Waals surface area contributed by atoms with Crippen LogP contribution in [0.5, 0.6) is 0 Å². The molecule has 1 heterocycles. The Kier molecular flexibility index (Phi) is 1.22. The van der Waals surface area contributed by atoms with Gasteiger partial charge in [-0.25, -0.2) is 0 Å². The maximum atomic E-state index is 11.2. The van der Waals surface area contributed by atoms with Crippen molar-refractivity contribution >= 4 is 5.91 Å². The molecule has 0 saturated carbocycles. The van der Waals surface area contributed by atoms with Crippen molar-refractivity contribution in [2.75, 3.05) is 0 Å². The predicted octanol–water partition coefficient (Wildman–Crippen LogP) is 1.49. The number of carbonyl (C=O) groups is 1. The molecule has 0 aliphatic carbocycles. The Hall–Kier alpha value is -1.31. The first-order chi connectivity index (χ1) is 5.29. The van der Waals surface area contributed by atoms with Gasteiger partial charge < -0.3 is 5.32 Å². The van der Waals surface area contributed by atoms with Crippen LogP contribution >= 0.6 is 0 Å². The highest BCUT2D eigenvalue weighted by atomic mass is 16.2. The fraction of sp³-hybridized carbons (Fsp3) is 0.222. The van der Waals surface area contributed by atoms with Crippen molar-refractivity contribution in [2.24, 2.45) is 0 Å². The molecule has 0 unspecified atom stereocenters. The van der Waals surface area contributed by atoms with Crippen LogP contribution in [0.3, 0.4) is 0 Å². The molecule has 2 heteroatoms. The van der Waals surface area contributed by atoms with Crippen LogP contribution in [0.15, 0.2) is 24.3 Å². The number of hydrogen-bond donors (Lipinski definition) is 1. The third kappa shape index (κ3) is 0.827. The van der Waals surface area contributed by atoms with Gasteiger partial charge in [0.15, 0.2) is 0 Å². The number of fused-ring (bicyclic) bond motifs is 1. The van der Waals surface area contributed by atoms with Crippen LogP contribution in [0, 0.1) is 0 Å². The Bertz CT molecular complexity index is 306. The monoisotopic (exact) mass is 147 g/mol. The summed E-state index contributed by atoms with van der Waals surface area (Å²) >= 11 is 0. The Morgan fingerprint density at radius 3 is 2.82 bits per heavy atom. The van der Waals surface area contributed by atoms with Crippen molar-refractivity contribution in [2.45, 2.75) is 13.0 Å². The Balaban J connectivity index is 2.60. The number of benzene rings is 1. The first kappa shape index (κ1) is 6.40. The fourth-order valence-corrected chi connectivity index (χ4v) is 1.43. The van der Waals surface area contributed by atoms with E-state index in [4.69, 9.17) is 0 Å². The molecule has 2 nitrogen and oxygen atoms in total. The largest absolute Gasteiger partial charge is 0.345 e. The van der Waals surface area contributed by atoms with Crippen molar-refractivity contribution < 1.29 is 4.79 Å². The molecule has 1 aromatic rings.